The van der Waals surface area contributed by atoms with E-state index in [1.807, 2.05) is 44.2 Å². The number of anilines is 1. The van der Waals surface area contributed by atoms with Crippen LogP contribution in [0, 0.1) is 0 Å². The highest BCUT2D eigenvalue weighted by molar-refractivity contribution is 7.92. The Morgan fingerprint density at radius 3 is 2.13 bits per heavy atom. The summed E-state index contributed by atoms with van der Waals surface area (Å²) in [4.78, 5) is 28.9. The molecule has 0 spiro atoms. The lowest BCUT2D eigenvalue weighted by molar-refractivity contribution is -0.140. The highest BCUT2D eigenvalue weighted by Gasteiger charge is 2.34. The van der Waals surface area contributed by atoms with Crippen molar-refractivity contribution >= 4 is 62.3 Å². The molecular formula is C28H30Cl3N3O4S. The zero-order chi connectivity index (χ0) is 28.7. The third-order valence-electron chi connectivity index (χ3n) is 5.86. The molecule has 0 heterocycles. The zero-order valence-electron chi connectivity index (χ0n) is 21.8. The van der Waals surface area contributed by atoms with Crippen LogP contribution in [-0.2, 0) is 32.6 Å². The Balaban J connectivity index is 2.09. The Morgan fingerprint density at radius 2 is 1.54 bits per heavy atom. The lowest BCUT2D eigenvalue weighted by atomic mass is 10.0. The quantitative estimate of drug-likeness (QED) is 0.307. The van der Waals surface area contributed by atoms with E-state index in [1.54, 1.807) is 36.4 Å². The zero-order valence-corrected chi connectivity index (χ0v) is 24.9. The third kappa shape index (κ3) is 8.60. The van der Waals surface area contributed by atoms with Crippen LogP contribution in [0.2, 0.25) is 15.1 Å². The van der Waals surface area contributed by atoms with Crippen molar-refractivity contribution in [1.29, 1.82) is 0 Å². The molecule has 3 aromatic rings. The maximum Gasteiger partial charge on any atom is 0.244 e. The van der Waals surface area contributed by atoms with Crippen LogP contribution in [0.15, 0.2) is 72.8 Å². The van der Waals surface area contributed by atoms with Crippen LogP contribution in [0.3, 0.4) is 0 Å². The number of carbonyl (C=O) groups excluding carboxylic acids is 2. The van der Waals surface area contributed by atoms with Crippen LogP contribution in [0.4, 0.5) is 5.69 Å². The molecule has 208 valence electrons. The van der Waals surface area contributed by atoms with Crippen molar-refractivity contribution in [2.24, 2.45) is 0 Å². The summed E-state index contributed by atoms with van der Waals surface area (Å²) in [6, 6.07) is 19.3. The molecular weight excluding hydrogens is 581 g/mol. The molecule has 2 amide bonds. The molecule has 0 radical (unpaired) electrons. The van der Waals surface area contributed by atoms with Crippen molar-refractivity contribution in [3.8, 4) is 0 Å². The maximum atomic E-state index is 14.0. The summed E-state index contributed by atoms with van der Waals surface area (Å²) in [6.45, 7) is 3.01. The number of amides is 2. The molecule has 7 nitrogen and oxygen atoms in total. The van der Waals surface area contributed by atoms with Gasteiger partial charge in [0.25, 0.3) is 0 Å². The van der Waals surface area contributed by atoms with E-state index < -0.39 is 28.5 Å². The number of benzene rings is 3. The van der Waals surface area contributed by atoms with E-state index in [0.29, 0.717) is 15.6 Å². The standard InChI is InChI=1S/C28H30Cl3N3O4S/c1-19(2)32-28(36)26(15-20-9-5-4-6-10-20)33(17-21-13-14-22(29)16-24(21)31)27(35)18-34(39(3,37)38)25-12-8-7-11-23(25)30/h4-14,16,19,26H,15,17-18H2,1-3H3,(H,32,36). The first-order valence-corrected chi connectivity index (χ1v) is 15.1. The first-order valence-electron chi connectivity index (χ1n) is 12.2. The fourth-order valence-corrected chi connectivity index (χ4v) is 5.63. The van der Waals surface area contributed by atoms with E-state index in [-0.39, 0.29) is 35.6 Å². The molecule has 3 aromatic carbocycles. The van der Waals surface area contributed by atoms with Crippen molar-refractivity contribution in [2.75, 3.05) is 17.1 Å². The molecule has 0 aliphatic carbocycles. The van der Waals surface area contributed by atoms with Crippen LogP contribution in [0.5, 0.6) is 0 Å². The SMILES string of the molecule is CC(C)NC(=O)C(Cc1ccccc1)N(Cc1ccc(Cl)cc1Cl)C(=O)CN(c1ccccc1Cl)S(C)(=O)=O. The second-order valence-electron chi connectivity index (χ2n) is 9.35. The number of hydrogen-bond donors (Lipinski definition) is 1. The highest BCUT2D eigenvalue weighted by atomic mass is 35.5. The summed E-state index contributed by atoms with van der Waals surface area (Å²) < 4.78 is 26.6. The smallest absolute Gasteiger partial charge is 0.244 e. The van der Waals surface area contributed by atoms with Gasteiger partial charge in [-0.15, -0.1) is 0 Å². The molecule has 0 fully saturated rings. The number of nitrogens with zero attached hydrogens (tertiary/aromatic N) is 2. The molecule has 1 N–H and O–H groups in total. The first-order chi connectivity index (χ1) is 18.4. The Kier molecular flexibility index (Phi) is 10.7. The van der Waals surface area contributed by atoms with Gasteiger partial charge in [0.05, 0.1) is 17.0 Å². The van der Waals surface area contributed by atoms with Crippen LogP contribution < -0.4 is 9.62 Å². The van der Waals surface area contributed by atoms with Gasteiger partial charge in [-0.2, -0.15) is 0 Å². The Morgan fingerprint density at radius 1 is 0.897 bits per heavy atom. The van der Waals surface area contributed by atoms with E-state index in [2.05, 4.69) is 5.32 Å². The number of hydrogen-bond acceptors (Lipinski definition) is 4. The molecule has 39 heavy (non-hydrogen) atoms. The largest absolute Gasteiger partial charge is 0.352 e. The van der Waals surface area contributed by atoms with Crippen LogP contribution in [-0.4, -0.2) is 50.0 Å². The molecule has 0 saturated carbocycles. The Labute approximate surface area is 244 Å². The topological polar surface area (TPSA) is 86.8 Å². The van der Waals surface area contributed by atoms with E-state index in [1.165, 1.54) is 11.0 Å². The first kappa shape index (κ1) is 30.8. The minimum absolute atomic E-state index is 0.0576. The predicted molar refractivity (Wildman–Crippen MR) is 158 cm³/mol. The second-order valence-corrected chi connectivity index (χ2v) is 12.5. The van der Waals surface area contributed by atoms with Gasteiger partial charge >= 0.3 is 0 Å². The van der Waals surface area contributed by atoms with Crippen molar-refractivity contribution in [3.63, 3.8) is 0 Å². The lowest BCUT2D eigenvalue weighted by Gasteiger charge is -2.34. The number of rotatable bonds is 11. The number of para-hydroxylation sites is 1. The summed E-state index contributed by atoms with van der Waals surface area (Å²) in [5, 5.41) is 3.79. The fourth-order valence-electron chi connectivity index (χ4n) is 4.02. The van der Waals surface area contributed by atoms with E-state index in [4.69, 9.17) is 34.8 Å². The second kappa shape index (κ2) is 13.5. The molecule has 0 aliphatic rings. The van der Waals surface area contributed by atoms with Crippen LogP contribution in [0.25, 0.3) is 0 Å². The van der Waals surface area contributed by atoms with Gasteiger partial charge in [-0.1, -0.05) is 83.3 Å². The lowest BCUT2D eigenvalue weighted by Crippen LogP contribution is -2.54. The summed E-state index contributed by atoms with van der Waals surface area (Å²) in [5.41, 5.74) is 1.53. The van der Waals surface area contributed by atoms with Gasteiger partial charge < -0.3 is 10.2 Å². The molecule has 0 bridgehead atoms. The third-order valence-corrected chi connectivity index (χ3v) is 7.89. The van der Waals surface area contributed by atoms with Crippen molar-refractivity contribution in [2.45, 2.75) is 38.9 Å². The van der Waals surface area contributed by atoms with Gasteiger partial charge in [-0.3, -0.25) is 13.9 Å². The Bertz CT molecular complexity index is 1420. The van der Waals surface area contributed by atoms with E-state index in [0.717, 1.165) is 16.1 Å². The van der Waals surface area contributed by atoms with Crippen LogP contribution >= 0.6 is 34.8 Å². The number of carbonyl (C=O) groups is 2. The monoisotopic (exact) mass is 609 g/mol. The van der Waals surface area contributed by atoms with Gasteiger partial charge in [-0.25, -0.2) is 8.42 Å². The normalized spacial score (nSPS) is 12.2. The number of nitrogens with one attached hydrogen (secondary N) is 1. The van der Waals surface area contributed by atoms with Gasteiger partial charge in [0.2, 0.25) is 21.8 Å². The van der Waals surface area contributed by atoms with Crippen molar-refractivity contribution < 1.29 is 18.0 Å². The van der Waals surface area contributed by atoms with Gasteiger partial charge in [-0.05, 0) is 49.2 Å². The highest BCUT2D eigenvalue weighted by Crippen LogP contribution is 2.28. The summed E-state index contributed by atoms with van der Waals surface area (Å²) in [7, 11) is -3.92. The summed E-state index contributed by atoms with van der Waals surface area (Å²) in [6.07, 6.45) is 1.19. The summed E-state index contributed by atoms with van der Waals surface area (Å²) in [5.74, 6) is -0.984. The van der Waals surface area contributed by atoms with Gasteiger partial charge in [0.1, 0.15) is 12.6 Å². The van der Waals surface area contributed by atoms with Crippen molar-refractivity contribution in [1.82, 2.24) is 10.2 Å². The molecule has 0 aromatic heterocycles. The minimum Gasteiger partial charge on any atom is -0.352 e. The average Bonchev–Trinajstić information content (AvgIpc) is 2.85. The molecule has 11 heteroatoms. The molecule has 3 rings (SSSR count). The Hall–Kier alpha value is -2.78. The average molecular weight is 611 g/mol. The van der Waals surface area contributed by atoms with E-state index in [9.17, 15) is 18.0 Å². The fraction of sp³-hybridized carbons (Fsp3) is 0.286. The molecule has 1 atom stereocenters. The molecule has 0 saturated heterocycles. The number of halogens is 3. The van der Waals surface area contributed by atoms with Crippen LogP contribution in [0.1, 0.15) is 25.0 Å². The van der Waals surface area contributed by atoms with Gasteiger partial charge in [0, 0.05) is 29.1 Å². The van der Waals surface area contributed by atoms with E-state index >= 15 is 0 Å². The van der Waals surface area contributed by atoms with Crippen molar-refractivity contribution in [3.05, 3.63) is 99.0 Å². The molecule has 0 aliphatic heterocycles. The minimum atomic E-state index is -3.92. The molecule has 1 unspecified atom stereocenters. The maximum absolute atomic E-state index is 14.0. The summed E-state index contributed by atoms with van der Waals surface area (Å²) >= 11 is 18.8. The predicted octanol–water partition coefficient (Wildman–Crippen LogP) is 5.58. The van der Waals surface area contributed by atoms with Gasteiger partial charge in [0.15, 0.2) is 0 Å². The number of sulfonamides is 1.